The Kier molecular flexibility index (Phi) is 3.66. The zero-order valence-corrected chi connectivity index (χ0v) is 12.6. The van der Waals surface area contributed by atoms with Gasteiger partial charge < -0.3 is 10.1 Å². The Hall–Kier alpha value is -2.10. The number of rotatable bonds is 2. The maximum Gasteiger partial charge on any atom is 0.253 e. The highest BCUT2D eigenvalue weighted by molar-refractivity contribution is 5.99. The Bertz CT molecular complexity index is 657. The summed E-state index contributed by atoms with van der Waals surface area (Å²) in [4.78, 5) is 16.8. The molecule has 20 heavy (non-hydrogen) atoms. The zero-order chi connectivity index (χ0) is 14.9. The topological polar surface area (TPSA) is 51.2 Å². The molecule has 0 radical (unpaired) electrons. The number of aryl methyl sites for hydroxylation is 1. The fraction of sp³-hybridized carbons (Fsp3) is 0.375. The molecule has 1 N–H and O–H groups in total. The van der Waals surface area contributed by atoms with Crippen LogP contribution in [-0.2, 0) is 0 Å². The fourth-order valence-electron chi connectivity index (χ4n) is 2.01. The van der Waals surface area contributed by atoms with Gasteiger partial charge in [0.2, 0.25) is 0 Å². The summed E-state index contributed by atoms with van der Waals surface area (Å²) >= 11 is 0. The molecule has 4 heteroatoms. The maximum absolute atomic E-state index is 12.3. The van der Waals surface area contributed by atoms with Gasteiger partial charge in [-0.2, -0.15) is 0 Å². The number of aromatic nitrogens is 1. The van der Waals surface area contributed by atoms with Crippen molar-refractivity contribution in [2.45, 2.75) is 33.2 Å². The lowest BCUT2D eigenvalue weighted by atomic mass is 10.1. The minimum atomic E-state index is -0.265. The van der Waals surface area contributed by atoms with E-state index in [1.165, 1.54) is 0 Å². The summed E-state index contributed by atoms with van der Waals surface area (Å²) < 4.78 is 5.19. The monoisotopic (exact) mass is 272 g/mol. The lowest BCUT2D eigenvalue weighted by Crippen LogP contribution is -2.40. The number of benzene rings is 1. The van der Waals surface area contributed by atoms with Gasteiger partial charge in [0.25, 0.3) is 5.91 Å². The first-order chi connectivity index (χ1) is 9.30. The van der Waals surface area contributed by atoms with E-state index in [2.05, 4.69) is 10.3 Å². The molecule has 0 unspecified atom stereocenters. The largest absolute Gasteiger partial charge is 0.497 e. The number of carbonyl (C=O) groups is 1. The quantitative estimate of drug-likeness (QED) is 0.914. The standard InChI is InChI=1S/C16H20N2O2/c1-10-13(15(19)18-16(2,3)4)8-11-6-7-12(20-5)9-14(11)17-10/h6-9H,1-5H3,(H,18,19). The Morgan fingerprint density at radius 2 is 1.95 bits per heavy atom. The van der Waals surface area contributed by atoms with Gasteiger partial charge in [-0.3, -0.25) is 9.78 Å². The van der Waals surface area contributed by atoms with Crippen LogP contribution in [-0.4, -0.2) is 23.5 Å². The number of methoxy groups -OCH3 is 1. The lowest BCUT2D eigenvalue weighted by Gasteiger charge is -2.21. The van der Waals surface area contributed by atoms with Crippen LogP contribution in [0.15, 0.2) is 24.3 Å². The average Bonchev–Trinajstić information content (AvgIpc) is 2.35. The predicted molar refractivity (Wildman–Crippen MR) is 80.3 cm³/mol. The molecule has 0 atom stereocenters. The van der Waals surface area contributed by atoms with Crippen molar-refractivity contribution in [3.05, 3.63) is 35.5 Å². The summed E-state index contributed by atoms with van der Waals surface area (Å²) in [5, 5.41) is 3.89. The third kappa shape index (κ3) is 3.07. The molecule has 0 bridgehead atoms. The second-order valence-electron chi connectivity index (χ2n) is 5.88. The van der Waals surface area contributed by atoms with Crippen LogP contribution in [0.1, 0.15) is 36.8 Å². The highest BCUT2D eigenvalue weighted by Gasteiger charge is 2.18. The van der Waals surface area contributed by atoms with Gasteiger partial charge in [0.05, 0.1) is 23.9 Å². The van der Waals surface area contributed by atoms with E-state index in [0.29, 0.717) is 11.3 Å². The summed E-state index contributed by atoms with van der Waals surface area (Å²) in [5.41, 5.74) is 1.89. The number of amides is 1. The second-order valence-corrected chi connectivity index (χ2v) is 5.88. The third-order valence-corrected chi connectivity index (χ3v) is 2.95. The molecule has 2 rings (SSSR count). The fourth-order valence-corrected chi connectivity index (χ4v) is 2.01. The van der Waals surface area contributed by atoms with Gasteiger partial charge >= 0.3 is 0 Å². The molecule has 1 heterocycles. The van der Waals surface area contributed by atoms with Crippen molar-refractivity contribution < 1.29 is 9.53 Å². The SMILES string of the molecule is COc1ccc2cc(C(=O)NC(C)(C)C)c(C)nc2c1. The lowest BCUT2D eigenvalue weighted by molar-refractivity contribution is 0.0918. The number of carbonyl (C=O) groups excluding carboxylic acids is 1. The van der Waals surface area contributed by atoms with Crippen LogP contribution in [0, 0.1) is 6.92 Å². The maximum atomic E-state index is 12.3. The van der Waals surface area contributed by atoms with Crippen LogP contribution in [0.4, 0.5) is 0 Å². The first kappa shape index (κ1) is 14.3. The van der Waals surface area contributed by atoms with Crippen LogP contribution in [0.5, 0.6) is 5.75 Å². The minimum Gasteiger partial charge on any atom is -0.497 e. The van der Waals surface area contributed by atoms with E-state index in [1.54, 1.807) is 7.11 Å². The average molecular weight is 272 g/mol. The van der Waals surface area contributed by atoms with Gasteiger partial charge in [-0.15, -0.1) is 0 Å². The van der Waals surface area contributed by atoms with Crippen LogP contribution >= 0.6 is 0 Å². The van der Waals surface area contributed by atoms with Gasteiger partial charge in [0, 0.05) is 17.0 Å². The second kappa shape index (κ2) is 5.12. The predicted octanol–water partition coefficient (Wildman–Crippen LogP) is 3.08. The molecule has 106 valence electrons. The molecule has 0 saturated carbocycles. The third-order valence-electron chi connectivity index (χ3n) is 2.95. The molecular weight excluding hydrogens is 252 g/mol. The molecule has 0 fully saturated rings. The number of nitrogens with zero attached hydrogens (tertiary/aromatic N) is 1. The van der Waals surface area contributed by atoms with Crippen LogP contribution in [0.3, 0.4) is 0 Å². The van der Waals surface area contributed by atoms with E-state index in [-0.39, 0.29) is 11.4 Å². The van der Waals surface area contributed by atoms with Crippen molar-refractivity contribution in [1.82, 2.24) is 10.3 Å². The molecular formula is C16H20N2O2. The van der Waals surface area contributed by atoms with Gasteiger partial charge in [-0.25, -0.2) is 0 Å². The molecule has 4 nitrogen and oxygen atoms in total. The van der Waals surface area contributed by atoms with Gasteiger partial charge in [-0.1, -0.05) is 0 Å². The summed E-state index contributed by atoms with van der Waals surface area (Å²) in [6, 6.07) is 7.52. The number of hydrogen-bond donors (Lipinski definition) is 1. The molecule has 0 spiro atoms. The minimum absolute atomic E-state index is 0.0970. The number of ether oxygens (including phenoxy) is 1. The van der Waals surface area contributed by atoms with Crippen LogP contribution in [0.2, 0.25) is 0 Å². The summed E-state index contributed by atoms with van der Waals surface area (Å²) in [7, 11) is 1.62. The normalized spacial score (nSPS) is 11.4. The van der Waals surface area contributed by atoms with E-state index in [0.717, 1.165) is 16.7 Å². The van der Waals surface area contributed by atoms with Gasteiger partial charge in [0.15, 0.2) is 0 Å². The number of nitrogens with one attached hydrogen (secondary N) is 1. The van der Waals surface area contributed by atoms with E-state index < -0.39 is 0 Å². The van der Waals surface area contributed by atoms with E-state index in [9.17, 15) is 4.79 Å². The van der Waals surface area contributed by atoms with E-state index in [1.807, 2.05) is 52.0 Å². The van der Waals surface area contributed by atoms with Crippen LogP contribution in [0.25, 0.3) is 10.9 Å². The van der Waals surface area contributed by atoms with Gasteiger partial charge in [-0.05, 0) is 45.9 Å². The molecule has 0 saturated heterocycles. The smallest absolute Gasteiger partial charge is 0.253 e. The van der Waals surface area contributed by atoms with Gasteiger partial charge in [0.1, 0.15) is 5.75 Å². The number of fused-ring (bicyclic) bond motifs is 1. The molecule has 1 amide bonds. The van der Waals surface area contributed by atoms with Crippen molar-refractivity contribution in [3.63, 3.8) is 0 Å². The van der Waals surface area contributed by atoms with E-state index in [4.69, 9.17) is 4.74 Å². The number of hydrogen-bond acceptors (Lipinski definition) is 3. The first-order valence-corrected chi connectivity index (χ1v) is 6.58. The Morgan fingerprint density at radius 3 is 2.55 bits per heavy atom. The highest BCUT2D eigenvalue weighted by Crippen LogP contribution is 2.22. The molecule has 0 aliphatic carbocycles. The number of pyridine rings is 1. The molecule has 1 aromatic carbocycles. The Labute approximate surface area is 119 Å². The molecule has 0 aliphatic rings. The summed E-state index contributed by atoms with van der Waals surface area (Å²) in [5.74, 6) is 0.663. The highest BCUT2D eigenvalue weighted by atomic mass is 16.5. The molecule has 1 aromatic heterocycles. The first-order valence-electron chi connectivity index (χ1n) is 6.58. The van der Waals surface area contributed by atoms with Crippen molar-refractivity contribution in [2.24, 2.45) is 0 Å². The Morgan fingerprint density at radius 1 is 1.25 bits per heavy atom. The zero-order valence-electron chi connectivity index (χ0n) is 12.6. The molecule has 2 aromatic rings. The van der Waals surface area contributed by atoms with E-state index >= 15 is 0 Å². The van der Waals surface area contributed by atoms with Crippen molar-refractivity contribution in [2.75, 3.05) is 7.11 Å². The van der Waals surface area contributed by atoms with Crippen molar-refractivity contribution >= 4 is 16.8 Å². The van der Waals surface area contributed by atoms with Crippen molar-refractivity contribution in [1.29, 1.82) is 0 Å². The van der Waals surface area contributed by atoms with Crippen molar-refractivity contribution in [3.8, 4) is 5.75 Å². The van der Waals surface area contributed by atoms with Crippen LogP contribution < -0.4 is 10.1 Å². The molecule has 0 aliphatic heterocycles. The summed E-state index contributed by atoms with van der Waals surface area (Å²) in [6.45, 7) is 7.72. The summed E-state index contributed by atoms with van der Waals surface area (Å²) in [6.07, 6.45) is 0. The Balaban J connectivity index is 2.45.